The molecule has 2 heteroatoms. The molecule has 32 heavy (non-hydrogen) atoms. The smallest absolute Gasteiger partial charge is 0.137 e. The van der Waals surface area contributed by atoms with Crippen LogP contribution >= 0.6 is 0 Å². The number of hydrogen-bond donors (Lipinski definition) is 0. The van der Waals surface area contributed by atoms with E-state index in [9.17, 15) is 0 Å². The predicted molar refractivity (Wildman–Crippen MR) is 134 cm³/mol. The van der Waals surface area contributed by atoms with Crippen molar-refractivity contribution in [2.45, 2.75) is 19.3 Å². The highest BCUT2D eigenvalue weighted by molar-refractivity contribution is 6.22. The second-order valence-corrected chi connectivity index (χ2v) is 9.26. The number of nitrogens with zero attached hydrogens (tertiary/aromatic N) is 2. The van der Waals surface area contributed by atoms with Gasteiger partial charge >= 0.3 is 0 Å². The zero-order chi connectivity index (χ0) is 21.4. The Labute approximate surface area is 186 Å². The summed E-state index contributed by atoms with van der Waals surface area (Å²) in [6.07, 6.45) is 1.89. The molecule has 2 nitrogen and oxygen atoms in total. The zero-order valence-corrected chi connectivity index (χ0v) is 18.1. The molecule has 1 aliphatic rings. The minimum Gasteiger partial charge on any atom is -0.293 e. The standard InChI is InChI=1S/C30H22N2/c1-30(2)24-12-6-5-11-21(24)22-15-16-23-27-20-10-4-3-9-19(20)14-17-25(27)32(29(23)28(22)30)26-13-7-8-18-31-26/h3-18H,1-2H3. The summed E-state index contributed by atoms with van der Waals surface area (Å²) >= 11 is 0. The number of rotatable bonds is 1. The average Bonchev–Trinajstić information content (AvgIpc) is 3.29. The molecule has 0 N–H and O–H groups in total. The maximum absolute atomic E-state index is 4.79. The van der Waals surface area contributed by atoms with Gasteiger partial charge in [0.05, 0.1) is 11.0 Å². The Hall–Kier alpha value is -3.91. The Balaban J connectivity index is 1.76. The van der Waals surface area contributed by atoms with Crippen molar-refractivity contribution in [1.82, 2.24) is 9.55 Å². The zero-order valence-electron chi connectivity index (χ0n) is 18.1. The first-order chi connectivity index (χ1) is 15.7. The molecule has 2 heterocycles. The summed E-state index contributed by atoms with van der Waals surface area (Å²) in [5.41, 5.74) is 7.85. The fourth-order valence-corrected chi connectivity index (χ4v) is 5.85. The fourth-order valence-electron chi connectivity index (χ4n) is 5.85. The normalized spacial score (nSPS) is 14.2. The van der Waals surface area contributed by atoms with Crippen molar-refractivity contribution >= 4 is 32.6 Å². The number of fused-ring (bicyclic) bond motifs is 9. The third kappa shape index (κ3) is 2.12. The van der Waals surface area contributed by atoms with Gasteiger partial charge in [0.2, 0.25) is 0 Å². The minimum atomic E-state index is -0.0951. The highest BCUT2D eigenvalue weighted by Crippen LogP contribution is 2.53. The predicted octanol–water partition coefficient (Wildman–Crippen LogP) is 7.64. The van der Waals surface area contributed by atoms with Gasteiger partial charge in [-0.25, -0.2) is 4.98 Å². The monoisotopic (exact) mass is 410 g/mol. The summed E-state index contributed by atoms with van der Waals surface area (Å²) in [6.45, 7) is 4.71. The van der Waals surface area contributed by atoms with Crippen molar-refractivity contribution in [1.29, 1.82) is 0 Å². The van der Waals surface area contributed by atoms with E-state index < -0.39 is 0 Å². The minimum absolute atomic E-state index is 0.0951. The van der Waals surface area contributed by atoms with Gasteiger partial charge in [-0.15, -0.1) is 0 Å². The highest BCUT2D eigenvalue weighted by Gasteiger charge is 2.38. The topological polar surface area (TPSA) is 17.8 Å². The Morgan fingerprint density at radius 3 is 2.38 bits per heavy atom. The molecule has 0 saturated heterocycles. The van der Waals surface area contributed by atoms with Crippen LogP contribution in [0.25, 0.3) is 49.5 Å². The van der Waals surface area contributed by atoms with E-state index in [1.165, 1.54) is 54.8 Å². The Morgan fingerprint density at radius 2 is 1.50 bits per heavy atom. The summed E-state index contributed by atoms with van der Waals surface area (Å²) in [5.74, 6) is 0.961. The summed E-state index contributed by atoms with van der Waals surface area (Å²) in [7, 11) is 0. The molecular formula is C30H22N2. The fraction of sp³-hybridized carbons (Fsp3) is 0.100. The van der Waals surface area contributed by atoms with Gasteiger partial charge in [0.1, 0.15) is 5.82 Å². The molecular weight excluding hydrogens is 388 g/mol. The molecule has 4 aromatic carbocycles. The molecule has 6 aromatic rings. The third-order valence-electron chi connectivity index (χ3n) is 7.21. The molecule has 0 saturated carbocycles. The highest BCUT2D eigenvalue weighted by atomic mass is 15.1. The molecule has 7 rings (SSSR count). The lowest BCUT2D eigenvalue weighted by molar-refractivity contribution is 0.663. The van der Waals surface area contributed by atoms with Crippen molar-refractivity contribution < 1.29 is 0 Å². The number of pyridine rings is 1. The molecule has 0 radical (unpaired) electrons. The Morgan fingerprint density at radius 1 is 0.688 bits per heavy atom. The van der Waals surface area contributed by atoms with Crippen LogP contribution in [0.1, 0.15) is 25.0 Å². The van der Waals surface area contributed by atoms with Gasteiger partial charge in [0.15, 0.2) is 0 Å². The van der Waals surface area contributed by atoms with Gasteiger partial charge in [0, 0.05) is 22.4 Å². The van der Waals surface area contributed by atoms with Gasteiger partial charge in [-0.3, -0.25) is 4.57 Å². The second kappa shape index (κ2) is 6.08. The largest absolute Gasteiger partial charge is 0.293 e. The van der Waals surface area contributed by atoms with E-state index in [0.717, 1.165) is 5.82 Å². The summed E-state index contributed by atoms with van der Waals surface area (Å²) in [4.78, 5) is 4.79. The third-order valence-corrected chi connectivity index (χ3v) is 7.21. The van der Waals surface area contributed by atoms with Gasteiger partial charge in [-0.05, 0) is 51.2 Å². The first-order valence-corrected chi connectivity index (χ1v) is 11.2. The molecule has 0 fully saturated rings. The van der Waals surface area contributed by atoms with E-state index in [1.54, 1.807) is 0 Å². The van der Waals surface area contributed by atoms with E-state index in [2.05, 4.69) is 103 Å². The molecule has 0 spiro atoms. The van der Waals surface area contributed by atoms with E-state index in [0.29, 0.717) is 0 Å². The first kappa shape index (κ1) is 17.7. The summed E-state index contributed by atoms with van der Waals surface area (Å²) in [5, 5.41) is 5.15. The quantitative estimate of drug-likeness (QED) is 0.272. The van der Waals surface area contributed by atoms with E-state index in [1.807, 2.05) is 12.3 Å². The van der Waals surface area contributed by atoms with Crippen molar-refractivity contribution in [3.8, 4) is 16.9 Å². The van der Waals surface area contributed by atoms with Crippen molar-refractivity contribution in [3.05, 3.63) is 108 Å². The van der Waals surface area contributed by atoms with E-state index in [-0.39, 0.29) is 5.41 Å². The SMILES string of the molecule is CC1(C)c2ccccc2-c2ccc3c4c5ccccc5ccc4n(-c4ccccn4)c3c21. The maximum Gasteiger partial charge on any atom is 0.137 e. The van der Waals surface area contributed by atoms with Gasteiger partial charge in [-0.2, -0.15) is 0 Å². The lowest BCUT2D eigenvalue weighted by Crippen LogP contribution is -2.16. The molecule has 2 aromatic heterocycles. The first-order valence-electron chi connectivity index (χ1n) is 11.2. The van der Waals surface area contributed by atoms with Crippen LogP contribution in [0.5, 0.6) is 0 Å². The molecule has 0 aliphatic heterocycles. The molecule has 1 aliphatic carbocycles. The number of hydrogen-bond acceptors (Lipinski definition) is 1. The van der Waals surface area contributed by atoms with Gasteiger partial charge in [0.25, 0.3) is 0 Å². The summed E-state index contributed by atoms with van der Waals surface area (Å²) in [6, 6.07) is 32.9. The molecule has 0 unspecified atom stereocenters. The maximum atomic E-state index is 4.79. The van der Waals surface area contributed by atoms with Crippen LogP contribution in [-0.2, 0) is 5.41 Å². The number of aromatic nitrogens is 2. The van der Waals surface area contributed by atoms with Crippen LogP contribution in [0.2, 0.25) is 0 Å². The van der Waals surface area contributed by atoms with E-state index in [4.69, 9.17) is 4.98 Å². The molecule has 152 valence electrons. The van der Waals surface area contributed by atoms with Gasteiger partial charge in [-0.1, -0.05) is 86.6 Å². The number of benzene rings is 4. The average molecular weight is 411 g/mol. The lowest BCUT2D eigenvalue weighted by Gasteiger charge is -2.23. The van der Waals surface area contributed by atoms with Crippen LogP contribution in [0.4, 0.5) is 0 Å². The van der Waals surface area contributed by atoms with Crippen molar-refractivity contribution in [2.75, 3.05) is 0 Å². The van der Waals surface area contributed by atoms with Gasteiger partial charge < -0.3 is 0 Å². The van der Waals surface area contributed by atoms with Crippen LogP contribution in [0.3, 0.4) is 0 Å². The lowest BCUT2D eigenvalue weighted by atomic mass is 9.81. The van der Waals surface area contributed by atoms with Crippen molar-refractivity contribution in [2.24, 2.45) is 0 Å². The summed E-state index contributed by atoms with van der Waals surface area (Å²) < 4.78 is 2.38. The van der Waals surface area contributed by atoms with Crippen LogP contribution < -0.4 is 0 Å². The van der Waals surface area contributed by atoms with Crippen LogP contribution in [-0.4, -0.2) is 9.55 Å². The molecule has 0 amide bonds. The Bertz CT molecular complexity index is 1690. The van der Waals surface area contributed by atoms with Crippen molar-refractivity contribution in [3.63, 3.8) is 0 Å². The molecule has 0 atom stereocenters. The van der Waals surface area contributed by atoms with Crippen LogP contribution in [0, 0.1) is 0 Å². The Kier molecular flexibility index (Phi) is 3.37. The second-order valence-electron chi connectivity index (χ2n) is 9.26. The molecule has 0 bridgehead atoms. The van der Waals surface area contributed by atoms with E-state index >= 15 is 0 Å². The van der Waals surface area contributed by atoms with Crippen LogP contribution in [0.15, 0.2) is 97.2 Å².